The van der Waals surface area contributed by atoms with Gasteiger partial charge in [0.25, 0.3) is 0 Å². The number of esters is 1. The van der Waals surface area contributed by atoms with E-state index in [0.29, 0.717) is 5.57 Å². The second kappa shape index (κ2) is 10.4. The highest BCUT2D eigenvalue weighted by Gasteiger charge is 2.95. The number of hydrogen-bond acceptors (Lipinski definition) is 2. The molecule has 0 bridgehead atoms. The molecule has 2 nitrogen and oxygen atoms in total. The third kappa shape index (κ3) is 6.20. The zero-order chi connectivity index (χ0) is 32.1. The molecular weight excluding hydrogens is 595 g/mol. The molecule has 0 amide bonds. The number of allylic oxidation sites excluding steroid dienone is 1. The third-order valence-electron chi connectivity index (χ3n) is 5.13. The van der Waals surface area contributed by atoms with Gasteiger partial charge in [0.15, 0.2) is 0 Å². The van der Waals surface area contributed by atoms with Gasteiger partial charge in [-0.15, -0.1) is 0 Å². The van der Waals surface area contributed by atoms with Gasteiger partial charge in [0.05, 0.1) is 18.9 Å². The summed E-state index contributed by atoms with van der Waals surface area (Å²) in [5.41, 5.74) is -0.579. The maximum Gasteiger partial charge on any atom is 0.460 e. The Bertz CT molecular complexity index is 906. The van der Waals surface area contributed by atoms with Crippen LogP contribution in [-0.2, 0) is 9.53 Å². The molecule has 232 valence electrons. The standard InChI is InChI=1S/C20H21F17O2/c1-9(2)8-10(12(3,4)5)11(38)39-7-6-13(21,22)14(23,24)15(25,26)16(27,28)17(29,30)18(31,32)19(33,34)20(35,36)37/h8,10H,6-7H2,1-5H3. The van der Waals surface area contributed by atoms with Crippen molar-refractivity contribution in [2.75, 3.05) is 6.61 Å². The topological polar surface area (TPSA) is 26.3 Å². The second-order valence-corrected chi connectivity index (χ2v) is 9.65. The van der Waals surface area contributed by atoms with Crippen molar-refractivity contribution >= 4 is 5.97 Å². The molecule has 0 N–H and O–H groups in total. The Hall–Kier alpha value is -1.98. The number of ether oxygens (including phenoxy) is 1. The number of rotatable bonds is 11. The van der Waals surface area contributed by atoms with E-state index >= 15 is 0 Å². The molecule has 0 saturated carbocycles. The Morgan fingerprint density at radius 2 is 0.949 bits per heavy atom. The van der Waals surface area contributed by atoms with Gasteiger partial charge in [-0.2, -0.15) is 74.6 Å². The van der Waals surface area contributed by atoms with Crippen molar-refractivity contribution in [1.29, 1.82) is 0 Å². The summed E-state index contributed by atoms with van der Waals surface area (Å²) in [5.74, 6) is -59.6. The van der Waals surface area contributed by atoms with E-state index in [9.17, 15) is 79.4 Å². The predicted octanol–water partition coefficient (Wildman–Crippen LogP) is 8.56. The van der Waals surface area contributed by atoms with Crippen molar-refractivity contribution in [2.24, 2.45) is 11.3 Å². The minimum atomic E-state index is -8.68. The van der Waals surface area contributed by atoms with Crippen LogP contribution in [-0.4, -0.2) is 60.2 Å². The number of carbonyl (C=O) groups is 1. The number of carbonyl (C=O) groups excluding carboxylic acids is 1. The Morgan fingerprint density at radius 3 is 1.26 bits per heavy atom. The van der Waals surface area contributed by atoms with Crippen LogP contribution in [0.15, 0.2) is 11.6 Å². The summed E-state index contributed by atoms with van der Waals surface area (Å²) >= 11 is 0. The molecule has 1 atom stereocenters. The molecule has 0 aromatic rings. The van der Waals surface area contributed by atoms with Gasteiger partial charge in [-0.25, -0.2) is 0 Å². The van der Waals surface area contributed by atoms with Crippen LogP contribution in [0.1, 0.15) is 41.0 Å². The van der Waals surface area contributed by atoms with E-state index in [1.54, 1.807) is 0 Å². The van der Waals surface area contributed by atoms with Crippen LogP contribution in [0.5, 0.6) is 0 Å². The van der Waals surface area contributed by atoms with Gasteiger partial charge in [0.1, 0.15) is 0 Å². The minimum absolute atomic E-state index is 0.444. The van der Waals surface area contributed by atoms with E-state index in [1.807, 2.05) is 0 Å². The highest BCUT2D eigenvalue weighted by atomic mass is 19.4. The van der Waals surface area contributed by atoms with Crippen molar-refractivity contribution < 1.29 is 84.2 Å². The van der Waals surface area contributed by atoms with Crippen LogP contribution in [0.25, 0.3) is 0 Å². The summed E-state index contributed by atoms with van der Waals surface area (Å²) < 4.78 is 230. The van der Waals surface area contributed by atoms with Crippen molar-refractivity contribution in [3.8, 4) is 0 Å². The summed E-state index contributed by atoms with van der Waals surface area (Å²) in [6, 6.07) is 0. The zero-order valence-corrected chi connectivity index (χ0v) is 20.3. The van der Waals surface area contributed by atoms with Gasteiger partial charge in [0, 0.05) is 0 Å². The van der Waals surface area contributed by atoms with Gasteiger partial charge in [0.2, 0.25) is 0 Å². The van der Waals surface area contributed by atoms with Crippen LogP contribution < -0.4 is 0 Å². The highest BCUT2D eigenvalue weighted by molar-refractivity contribution is 5.75. The zero-order valence-electron chi connectivity index (χ0n) is 20.3. The van der Waals surface area contributed by atoms with E-state index in [-0.39, 0.29) is 0 Å². The van der Waals surface area contributed by atoms with Crippen molar-refractivity contribution in [1.82, 2.24) is 0 Å². The number of hydrogen-bond donors (Lipinski definition) is 0. The predicted molar refractivity (Wildman–Crippen MR) is 98.6 cm³/mol. The van der Waals surface area contributed by atoms with Crippen LogP contribution in [0.3, 0.4) is 0 Å². The lowest BCUT2D eigenvalue weighted by Crippen LogP contribution is -2.74. The monoisotopic (exact) mass is 616 g/mol. The first-order chi connectivity index (χ1) is 16.7. The summed E-state index contributed by atoms with van der Waals surface area (Å²) in [7, 11) is 0. The molecule has 0 aliphatic heterocycles. The molecule has 0 saturated heterocycles. The molecule has 0 fully saturated rings. The molecule has 1 unspecified atom stereocenters. The molecule has 0 spiro atoms. The lowest BCUT2D eigenvalue weighted by atomic mass is 9.80. The molecule has 0 rings (SSSR count). The van der Waals surface area contributed by atoms with E-state index in [1.165, 1.54) is 40.7 Å². The lowest BCUT2D eigenvalue weighted by molar-refractivity contribution is -0.461. The van der Waals surface area contributed by atoms with E-state index in [0.717, 1.165) is 0 Å². The Kier molecular flexibility index (Phi) is 9.92. The Labute approximate surface area is 209 Å². The van der Waals surface area contributed by atoms with Crippen LogP contribution in [0.2, 0.25) is 0 Å². The minimum Gasteiger partial charge on any atom is -0.465 e. The fourth-order valence-corrected chi connectivity index (χ4v) is 2.73. The highest BCUT2D eigenvalue weighted by Crippen LogP contribution is 2.64. The van der Waals surface area contributed by atoms with Crippen molar-refractivity contribution in [2.45, 2.75) is 88.7 Å². The summed E-state index contributed by atoms with van der Waals surface area (Å²) in [6.07, 6.45) is -9.43. The fraction of sp³-hybridized carbons (Fsp3) is 0.850. The third-order valence-corrected chi connectivity index (χ3v) is 5.13. The summed E-state index contributed by atoms with van der Waals surface area (Å²) in [5, 5.41) is 0. The molecule has 0 aromatic carbocycles. The van der Waals surface area contributed by atoms with Gasteiger partial charge >= 0.3 is 53.6 Å². The average Bonchev–Trinajstić information content (AvgIpc) is 2.68. The second-order valence-electron chi connectivity index (χ2n) is 9.65. The normalized spacial score (nSPS) is 16.2. The van der Waals surface area contributed by atoms with Crippen LogP contribution >= 0.6 is 0 Å². The maximum absolute atomic E-state index is 13.9. The molecule has 0 aliphatic rings. The average molecular weight is 616 g/mol. The Morgan fingerprint density at radius 1 is 0.615 bits per heavy atom. The quantitative estimate of drug-likeness (QED) is 0.132. The van der Waals surface area contributed by atoms with E-state index in [4.69, 9.17) is 0 Å². The van der Waals surface area contributed by atoms with Gasteiger partial charge in [-0.1, -0.05) is 32.4 Å². The molecule has 0 aromatic heterocycles. The van der Waals surface area contributed by atoms with Crippen LogP contribution in [0.4, 0.5) is 74.6 Å². The first-order valence-electron chi connectivity index (χ1n) is 10.2. The van der Waals surface area contributed by atoms with E-state index < -0.39 is 78.0 Å². The maximum atomic E-state index is 13.9. The van der Waals surface area contributed by atoms with Crippen molar-refractivity contribution in [3.63, 3.8) is 0 Å². The summed E-state index contributed by atoms with van der Waals surface area (Å²) in [4.78, 5) is 12.1. The largest absolute Gasteiger partial charge is 0.465 e. The molecule has 0 heterocycles. The van der Waals surface area contributed by atoms with Gasteiger partial charge in [-0.3, -0.25) is 4.79 Å². The Balaban J connectivity index is 6.28. The van der Waals surface area contributed by atoms with Crippen LogP contribution in [0, 0.1) is 11.3 Å². The molecule has 0 aliphatic carbocycles. The lowest BCUT2D eigenvalue weighted by Gasteiger charge is -2.42. The summed E-state index contributed by atoms with van der Waals surface area (Å²) in [6.45, 7) is 5.15. The van der Waals surface area contributed by atoms with Crippen molar-refractivity contribution in [3.05, 3.63) is 11.6 Å². The number of halogens is 17. The molecule has 39 heavy (non-hydrogen) atoms. The SMILES string of the molecule is CC(C)=CC(C(=O)OCCC(F)(F)C(F)(F)C(F)(F)C(F)(F)C(F)(F)C(F)(F)C(F)(F)C(F)(F)F)C(C)(C)C. The fourth-order valence-electron chi connectivity index (χ4n) is 2.73. The van der Waals surface area contributed by atoms with E-state index in [2.05, 4.69) is 4.74 Å². The first-order valence-corrected chi connectivity index (χ1v) is 10.2. The van der Waals surface area contributed by atoms with Gasteiger partial charge < -0.3 is 4.74 Å². The van der Waals surface area contributed by atoms with Gasteiger partial charge in [-0.05, 0) is 19.3 Å². The molecular formula is C20H21F17O2. The number of alkyl halides is 17. The molecule has 19 heteroatoms. The smallest absolute Gasteiger partial charge is 0.460 e. The molecule has 0 radical (unpaired) electrons. The first kappa shape index (κ1) is 37.0.